The van der Waals surface area contributed by atoms with Crippen molar-refractivity contribution in [1.82, 2.24) is 10.2 Å². The zero-order valence-electron chi connectivity index (χ0n) is 9.68. The molecule has 2 nitrogen and oxygen atoms in total. The molecule has 2 fully saturated rings. The first kappa shape index (κ1) is 10.4. The van der Waals surface area contributed by atoms with Crippen LogP contribution in [0.5, 0.6) is 0 Å². The van der Waals surface area contributed by atoms with Gasteiger partial charge in [-0.3, -0.25) is 0 Å². The van der Waals surface area contributed by atoms with Crippen LogP contribution in [-0.4, -0.2) is 37.6 Å². The van der Waals surface area contributed by atoms with E-state index in [9.17, 15) is 0 Å². The Balaban J connectivity index is 1.83. The highest BCUT2D eigenvalue weighted by molar-refractivity contribution is 4.86. The molecule has 0 saturated carbocycles. The van der Waals surface area contributed by atoms with Crippen molar-refractivity contribution in [2.75, 3.05) is 32.7 Å². The number of likely N-dealkylation sites (tertiary alicyclic amines) is 1. The zero-order chi connectivity index (χ0) is 10.0. The molecular formula is C12H24N2. The van der Waals surface area contributed by atoms with E-state index in [1.54, 1.807) is 0 Å². The first-order chi connectivity index (χ1) is 6.68. The van der Waals surface area contributed by atoms with Crippen molar-refractivity contribution in [3.63, 3.8) is 0 Å². The Morgan fingerprint density at radius 2 is 2.36 bits per heavy atom. The maximum atomic E-state index is 3.53. The smallest absolute Gasteiger partial charge is 0.00476 e. The van der Waals surface area contributed by atoms with Crippen molar-refractivity contribution in [3.05, 3.63) is 0 Å². The molecule has 0 aliphatic carbocycles. The van der Waals surface area contributed by atoms with E-state index in [-0.39, 0.29) is 0 Å². The summed E-state index contributed by atoms with van der Waals surface area (Å²) in [6.07, 6.45) is 4.17. The topological polar surface area (TPSA) is 15.3 Å². The van der Waals surface area contributed by atoms with Gasteiger partial charge in [0.2, 0.25) is 0 Å². The fourth-order valence-electron chi connectivity index (χ4n) is 2.96. The molecule has 2 atom stereocenters. The van der Waals surface area contributed by atoms with Gasteiger partial charge in [-0.1, -0.05) is 13.8 Å². The summed E-state index contributed by atoms with van der Waals surface area (Å²) in [6, 6.07) is 0. The average molecular weight is 196 g/mol. The highest BCUT2D eigenvalue weighted by atomic mass is 15.2. The first-order valence-corrected chi connectivity index (χ1v) is 6.11. The van der Waals surface area contributed by atoms with Gasteiger partial charge in [0.15, 0.2) is 0 Å². The van der Waals surface area contributed by atoms with E-state index in [0.29, 0.717) is 5.41 Å². The van der Waals surface area contributed by atoms with Gasteiger partial charge in [0.05, 0.1) is 0 Å². The second kappa shape index (κ2) is 4.19. The van der Waals surface area contributed by atoms with E-state index < -0.39 is 0 Å². The lowest BCUT2D eigenvalue weighted by molar-refractivity contribution is 0.150. The highest BCUT2D eigenvalue weighted by Gasteiger charge is 2.31. The van der Waals surface area contributed by atoms with Crippen LogP contribution in [0.2, 0.25) is 0 Å². The molecule has 2 heteroatoms. The van der Waals surface area contributed by atoms with Gasteiger partial charge in [-0.2, -0.15) is 0 Å². The van der Waals surface area contributed by atoms with Crippen LogP contribution in [0.4, 0.5) is 0 Å². The largest absolute Gasteiger partial charge is 0.316 e. The van der Waals surface area contributed by atoms with Crippen molar-refractivity contribution < 1.29 is 0 Å². The van der Waals surface area contributed by atoms with Gasteiger partial charge in [0.1, 0.15) is 0 Å². The van der Waals surface area contributed by atoms with Gasteiger partial charge in [-0.05, 0) is 43.7 Å². The Morgan fingerprint density at radius 3 is 2.93 bits per heavy atom. The van der Waals surface area contributed by atoms with Gasteiger partial charge in [-0.25, -0.2) is 0 Å². The van der Waals surface area contributed by atoms with E-state index >= 15 is 0 Å². The molecule has 0 aromatic rings. The van der Waals surface area contributed by atoms with Crippen LogP contribution < -0.4 is 5.32 Å². The summed E-state index contributed by atoms with van der Waals surface area (Å²) in [4.78, 5) is 2.66. The minimum Gasteiger partial charge on any atom is -0.316 e. The van der Waals surface area contributed by atoms with Crippen LogP contribution in [0.25, 0.3) is 0 Å². The van der Waals surface area contributed by atoms with Crippen LogP contribution in [0.1, 0.15) is 33.1 Å². The van der Waals surface area contributed by atoms with Gasteiger partial charge < -0.3 is 10.2 Å². The highest BCUT2D eigenvalue weighted by Crippen LogP contribution is 2.28. The van der Waals surface area contributed by atoms with E-state index in [4.69, 9.17) is 0 Å². The van der Waals surface area contributed by atoms with Crippen LogP contribution in [0, 0.1) is 11.3 Å². The van der Waals surface area contributed by atoms with Crippen LogP contribution in [0.15, 0.2) is 0 Å². The number of rotatable bonds is 2. The molecule has 0 bridgehead atoms. The number of nitrogens with zero attached hydrogens (tertiary/aromatic N) is 1. The van der Waals surface area contributed by atoms with Crippen molar-refractivity contribution >= 4 is 0 Å². The fourth-order valence-corrected chi connectivity index (χ4v) is 2.96. The predicted octanol–water partition coefficient (Wildman–Crippen LogP) is 1.72. The van der Waals surface area contributed by atoms with Crippen molar-refractivity contribution in [1.29, 1.82) is 0 Å². The standard InChI is InChI=1S/C12H24N2/c1-11-4-7-14(8-11)10-12(2)5-3-6-13-9-12/h11,13H,3-10H2,1-2H3. The van der Waals surface area contributed by atoms with Crippen LogP contribution >= 0.6 is 0 Å². The zero-order valence-corrected chi connectivity index (χ0v) is 9.68. The molecule has 2 saturated heterocycles. The lowest BCUT2D eigenvalue weighted by Gasteiger charge is -2.37. The molecule has 0 aromatic carbocycles. The Morgan fingerprint density at radius 1 is 1.50 bits per heavy atom. The summed E-state index contributed by atoms with van der Waals surface area (Å²) >= 11 is 0. The van der Waals surface area contributed by atoms with Gasteiger partial charge in [0.25, 0.3) is 0 Å². The Hall–Kier alpha value is -0.0800. The third-order valence-electron chi connectivity index (χ3n) is 3.80. The molecule has 0 amide bonds. The monoisotopic (exact) mass is 196 g/mol. The molecule has 0 radical (unpaired) electrons. The molecule has 82 valence electrons. The second-order valence-electron chi connectivity index (χ2n) is 5.72. The molecule has 1 N–H and O–H groups in total. The number of hydrogen-bond acceptors (Lipinski definition) is 2. The Kier molecular flexibility index (Phi) is 3.13. The number of piperidine rings is 1. The third kappa shape index (κ3) is 2.48. The van der Waals surface area contributed by atoms with Crippen LogP contribution in [0.3, 0.4) is 0 Å². The summed E-state index contributed by atoms with van der Waals surface area (Å²) in [5, 5.41) is 3.53. The normalized spacial score (nSPS) is 40.3. The molecule has 2 heterocycles. The maximum Gasteiger partial charge on any atom is 0.00476 e. The molecule has 0 spiro atoms. The molecule has 2 aliphatic rings. The molecule has 2 rings (SSSR count). The quantitative estimate of drug-likeness (QED) is 0.723. The summed E-state index contributed by atoms with van der Waals surface area (Å²) in [7, 11) is 0. The predicted molar refractivity (Wildman–Crippen MR) is 60.4 cm³/mol. The van der Waals surface area contributed by atoms with Crippen molar-refractivity contribution in [2.24, 2.45) is 11.3 Å². The van der Waals surface area contributed by atoms with E-state index in [1.807, 2.05) is 0 Å². The van der Waals surface area contributed by atoms with E-state index in [0.717, 1.165) is 5.92 Å². The number of hydrogen-bond donors (Lipinski definition) is 1. The lowest BCUT2D eigenvalue weighted by Crippen LogP contribution is -2.45. The molecule has 14 heavy (non-hydrogen) atoms. The molecular weight excluding hydrogens is 172 g/mol. The van der Waals surface area contributed by atoms with Gasteiger partial charge in [0, 0.05) is 19.6 Å². The minimum atomic E-state index is 0.544. The maximum absolute atomic E-state index is 3.53. The summed E-state index contributed by atoms with van der Waals surface area (Å²) in [5.41, 5.74) is 0.544. The Bertz CT molecular complexity index is 185. The molecule has 0 aromatic heterocycles. The van der Waals surface area contributed by atoms with Gasteiger partial charge in [-0.15, -0.1) is 0 Å². The molecule has 2 unspecified atom stereocenters. The first-order valence-electron chi connectivity index (χ1n) is 6.11. The lowest BCUT2D eigenvalue weighted by atomic mass is 9.82. The fraction of sp³-hybridized carbons (Fsp3) is 1.00. The summed E-state index contributed by atoms with van der Waals surface area (Å²) in [5.74, 6) is 0.926. The van der Waals surface area contributed by atoms with Gasteiger partial charge >= 0.3 is 0 Å². The van der Waals surface area contributed by atoms with E-state index in [1.165, 1.54) is 52.0 Å². The van der Waals surface area contributed by atoms with E-state index in [2.05, 4.69) is 24.1 Å². The molecule has 2 aliphatic heterocycles. The van der Waals surface area contributed by atoms with Crippen molar-refractivity contribution in [2.45, 2.75) is 33.1 Å². The average Bonchev–Trinajstić information content (AvgIpc) is 2.51. The Labute approximate surface area is 88.1 Å². The number of nitrogens with one attached hydrogen (secondary N) is 1. The summed E-state index contributed by atoms with van der Waals surface area (Å²) in [6.45, 7) is 11.2. The third-order valence-corrected chi connectivity index (χ3v) is 3.80. The minimum absolute atomic E-state index is 0.544. The van der Waals surface area contributed by atoms with Crippen LogP contribution in [-0.2, 0) is 0 Å². The van der Waals surface area contributed by atoms with Crippen molar-refractivity contribution in [3.8, 4) is 0 Å². The summed E-state index contributed by atoms with van der Waals surface area (Å²) < 4.78 is 0. The second-order valence-corrected chi connectivity index (χ2v) is 5.72. The SMILES string of the molecule is CC1CCN(CC2(C)CCCNC2)C1.